The number of benzene rings is 3. The summed E-state index contributed by atoms with van der Waals surface area (Å²) in [6.45, 7) is 0.625. The summed E-state index contributed by atoms with van der Waals surface area (Å²) in [4.78, 5) is 30.1. The molecule has 0 aliphatic carbocycles. The van der Waals surface area contributed by atoms with Crippen LogP contribution in [0.4, 0.5) is 0 Å². The Morgan fingerprint density at radius 1 is 0.939 bits per heavy atom. The molecule has 0 unspecified atom stereocenters. The van der Waals surface area contributed by atoms with Gasteiger partial charge in [-0.15, -0.1) is 0 Å². The molecule has 3 aromatic rings. The number of amides is 1. The van der Waals surface area contributed by atoms with Gasteiger partial charge in [-0.05, 0) is 23.3 Å². The molecular weight excluding hydrogens is 420 g/mol. The van der Waals surface area contributed by atoms with E-state index >= 15 is 0 Å². The van der Waals surface area contributed by atoms with Crippen LogP contribution in [0.25, 0.3) is 0 Å². The van der Waals surface area contributed by atoms with E-state index in [2.05, 4.69) is 10.5 Å². The first-order chi connectivity index (χ1) is 16.1. The van der Waals surface area contributed by atoms with E-state index in [9.17, 15) is 14.7 Å². The van der Waals surface area contributed by atoms with Crippen molar-refractivity contribution in [2.75, 3.05) is 0 Å². The Morgan fingerprint density at radius 3 is 2.27 bits per heavy atom. The maximum atomic E-state index is 13.0. The Labute approximate surface area is 191 Å². The van der Waals surface area contributed by atoms with Crippen LogP contribution >= 0.6 is 0 Å². The van der Waals surface area contributed by atoms with Crippen molar-refractivity contribution >= 4 is 17.6 Å². The molecule has 7 heteroatoms. The number of para-hydroxylation sites is 1. The van der Waals surface area contributed by atoms with Gasteiger partial charge < -0.3 is 20.0 Å². The first kappa shape index (κ1) is 22.1. The highest BCUT2D eigenvalue weighted by atomic mass is 16.7. The summed E-state index contributed by atoms with van der Waals surface area (Å²) in [7, 11) is 0. The van der Waals surface area contributed by atoms with Gasteiger partial charge in [-0.1, -0.05) is 78.0 Å². The molecule has 1 aliphatic rings. The van der Waals surface area contributed by atoms with E-state index in [0.29, 0.717) is 23.6 Å². The fourth-order valence-corrected chi connectivity index (χ4v) is 3.67. The van der Waals surface area contributed by atoms with Gasteiger partial charge in [-0.3, -0.25) is 9.59 Å². The number of nitrogens with zero attached hydrogens (tertiary/aromatic N) is 1. The molecule has 1 atom stereocenters. The van der Waals surface area contributed by atoms with Crippen LogP contribution in [0.15, 0.2) is 90.1 Å². The maximum absolute atomic E-state index is 13.0. The number of aliphatic carboxylic acids is 1. The average molecular weight is 444 g/mol. The first-order valence-electron chi connectivity index (χ1n) is 10.6. The number of nitrogens with one attached hydrogen (secondary N) is 1. The van der Waals surface area contributed by atoms with Crippen molar-refractivity contribution in [2.24, 2.45) is 5.16 Å². The summed E-state index contributed by atoms with van der Waals surface area (Å²) in [5.74, 6) is -1.08. The van der Waals surface area contributed by atoms with Crippen LogP contribution in [0.1, 0.15) is 29.5 Å². The van der Waals surface area contributed by atoms with Crippen molar-refractivity contribution in [3.8, 4) is 5.75 Å². The number of carbonyl (C=O) groups is 2. The van der Waals surface area contributed by atoms with Crippen LogP contribution in [0.5, 0.6) is 5.75 Å². The van der Waals surface area contributed by atoms with Crippen molar-refractivity contribution in [2.45, 2.75) is 31.6 Å². The van der Waals surface area contributed by atoms with Gasteiger partial charge in [-0.25, -0.2) is 0 Å². The minimum absolute atomic E-state index is 0.0195. The Hall–Kier alpha value is -4.13. The molecular formula is C26H24N2O5. The van der Waals surface area contributed by atoms with Crippen molar-refractivity contribution in [1.29, 1.82) is 0 Å². The van der Waals surface area contributed by atoms with E-state index < -0.39 is 23.9 Å². The highest BCUT2D eigenvalue weighted by molar-refractivity contribution is 6.07. The summed E-state index contributed by atoms with van der Waals surface area (Å²) >= 11 is 0. The molecule has 0 bridgehead atoms. The first-order valence-corrected chi connectivity index (χ1v) is 10.6. The molecule has 2 N–H and O–H groups in total. The minimum Gasteiger partial charge on any atom is -0.488 e. The lowest BCUT2D eigenvalue weighted by Gasteiger charge is -2.23. The van der Waals surface area contributed by atoms with Gasteiger partial charge >= 0.3 is 5.97 Å². The number of carboxylic acid groups (broad SMARTS) is 1. The predicted octanol–water partition coefficient (Wildman–Crippen LogP) is 3.92. The lowest BCUT2D eigenvalue weighted by Crippen LogP contribution is -2.48. The third-order valence-electron chi connectivity index (χ3n) is 5.37. The monoisotopic (exact) mass is 444 g/mol. The molecule has 0 spiro atoms. The number of carbonyl (C=O) groups excluding carboxylic acids is 1. The number of hydrogen-bond acceptors (Lipinski definition) is 5. The molecule has 1 aliphatic heterocycles. The van der Waals surface area contributed by atoms with Gasteiger partial charge in [0, 0.05) is 18.5 Å². The second kappa shape index (κ2) is 9.99. The van der Waals surface area contributed by atoms with Gasteiger partial charge in [-0.2, -0.15) is 0 Å². The third kappa shape index (κ3) is 5.38. The molecule has 4 rings (SSSR count). The zero-order valence-corrected chi connectivity index (χ0v) is 17.9. The third-order valence-corrected chi connectivity index (χ3v) is 5.37. The predicted molar refractivity (Wildman–Crippen MR) is 123 cm³/mol. The zero-order valence-electron chi connectivity index (χ0n) is 17.9. The fourth-order valence-electron chi connectivity index (χ4n) is 3.67. The summed E-state index contributed by atoms with van der Waals surface area (Å²) < 4.78 is 6.00. The molecule has 1 amide bonds. The van der Waals surface area contributed by atoms with Gasteiger partial charge in [0.15, 0.2) is 0 Å². The average Bonchev–Trinajstić information content (AvgIpc) is 3.27. The molecule has 0 fully saturated rings. The minimum atomic E-state index is -1.62. The quantitative estimate of drug-likeness (QED) is 0.521. The molecule has 3 aromatic carbocycles. The summed E-state index contributed by atoms with van der Waals surface area (Å²) in [6.07, 6.45) is -0.487. The van der Waals surface area contributed by atoms with E-state index in [0.717, 1.165) is 11.1 Å². The second-order valence-corrected chi connectivity index (χ2v) is 7.81. The highest BCUT2D eigenvalue weighted by Crippen LogP contribution is 2.33. The largest absolute Gasteiger partial charge is 0.488 e. The lowest BCUT2D eigenvalue weighted by atomic mass is 9.89. The van der Waals surface area contributed by atoms with Crippen LogP contribution in [0.3, 0.4) is 0 Å². The molecule has 1 heterocycles. The lowest BCUT2D eigenvalue weighted by molar-refractivity contribution is -0.156. The van der Waals surface area contributed by atoms with Gasteiger partial charge in [0.25, 0.3) is 5.91 Å². The Bertz CT molecular complexity index is 1150. The van der Waals surface area contributed by atoms with Gasteiger partial charge in [0.1, 0.15) is 12.4 Å². The molecule has 168 valence electrons. The summed E-state index contributed by atoms with van der Waals surface area (Å²) in [5.41, 5.74) is 1.42. The van der Waals surface area contributed by atoms with Crippen molar-refractivity contribution in [3.63, 3.8) is 0 Å². The van der Waals surface area contributed by atoms with E-state index in [1.165, 1.54) is 0 Å². The number of carboxylic acids is 1. The normalized spacial score (nSPS) is 17.0. The molecule has 0 saturated carbocycles. The molecule has 33 heavy (non-hydrogen) atoms. The molecule has 0 radical (unpaired) electrons. The van der Waals surface area contributed by atoms with E-state index in [4.69, 9.17) is 9.57 Å². The molecule has 0 saturated heterocycles. The van der Waals surface area contributed by atoms with E-state index in [1.807, 2.05) is 84.9 Å². The number of rotatable bonds is 9. The Kier molecular flexibility index (Phi) is 6.69. The van der Waals surface area contributed by atoms with E-state index in [-0.39, 0.29) is 13.0 Å². The van der Waals surface area contributed by atoms with Crippen LogP contribution in [-0.2, 0) is 27.6 Å². The van der Waals surface area contributed by atoms with Crippen molar-refractivity contribution in [1.82, 2.24) is 5.32 Å². The van der Waals surface area contributed by atoms with Crippen molar-refractivity contribution in [3.05, 3.63) is 102 Å². The Morgan fingerprint density at radius 2 is 1.58 bits per heavy atom. The van der Waals surface area contributed by atoms with Gasteiger partial charge in [0.05, 0.1) is 12.1 Å². The van der Waals surface area contributed by atoms with Crippen molar-refractivity contribution < 1.29 is 24.3 Å². The van der Waals surface area contributed by atoms with Gasteiger partial charge in [0.2, 0.25) is 5.60 Å². The second-order valence-electron chi connectivity index (χ2n) is 7.81. The van der Waals surface area contributed by atoms with Crippen LogP contribution in [0, 0.1) is 0 Å². The van der Waals surface area contributed by atoms with Crippen LogP contribution < -0.4 is 10.1 Å². The Balaban J connectivity index is 1.50. The molecule has 0 aromatic heterocycles. The standard InChI is InChI=1S/C26H24N2O5/c29-24(30)16-26(25(31)27-17-19-9-3-1-4-10-19)15-22(28-33-26)21-13-7-8-14-23(21)32-18-20-11-5-2-6-12-20/h1-14H,15-18H2,(H,27,31)(H,29,30)/t26-/m1/s1. The molecule has 7 nitrogen and oxygen atoms in total. The fraction of sp³-hybridized carbons (Fsp3) is 0.192. The topological polar surface area (TPSA) is 97.2 Å². The summed E-state index contributed by atoms with van der Waals surface area (Å²) in [5, 5.41) is 16.4. The zero-order chi connectivity index (χ0) is 23.1. The number of ether oxygens (including phenoxy) is 1. The SMILES string of the molecule is O=C(O)C[C@@]1(C(=O)NCc2ccccc2)CC(c2ccccc2OCc2ccccc2)=NO1. The number of oxime groups is 1. The number of hydrogen-bond donors (Lipinski definition) is 2. The van der Waals surface area contributed by atoms with Crippen LogP contribution in [-0.4, -0.2) is 28.3 Å². The van der Waals surface area contributed by atoms with Crippen LogP contribution in [0.2, 0.25) is 0 Å². The summed E-state index contributed by atoms with van der Waals surface area (Å²) in [6, 6.07) is 26.4. The van der Waals surface area contributed by atoms with E-state index in [1.54, 1.807) is 0 Å². The highest BCUT2D eigenvalue weighted by Gasteiger charge is 2.49. The maximum Gasteiger partial charge on any atom is 0.308 e. The smallest absolute Gasteiger partial charge is 0.308 e.